The lowest BCUT2D eigenvalue weighted by Crippen LogP contribution is -2.51. The van der Waals surface area contributed by atoms with Crippen LogP contribution in [0.4, 0.5) is 8.78 Å². The predicted octanol–water partition coefficient (Wildman–Crippen LogP) is 4.03. The van der Waals surface area contributed by atoms with Gasteiger partial charge in [0.2, 0.25) is 0 Å². The molecule has 5 rings (SSSR count). The van der Waals surface area contributed by atoms with E-state index >= 15 is 0 Å². The van der Waals surface area contributed by atoms with E-state index in [1.54, 1.807) is 36.5 Å². The van der Waals surface area contributed by atoms with Crippen molar-refractivity contribution in [3.05, 3.63) is 101 Å². The van der Waals surface area contributed by atoms with Crippen LogP contribution in [-0.4, -0.2) is 48.0 Å². The van der Waals surface area contributed by atoms with Crippen molar-refractivity contribution in [2.75, 3.05) is 20.2 Å². The fourth-order valence-electron chi connectivity index (χ4n) is 5.62. The van der Waals surface area contributed by atoms with Crippen LogP contribution in [0.5, 0.6) is 0 Å². The fraction of sp³-hybridized carbons (Fsp3) is 0.296. The van der Waals surface area contributed by atoms with Crippen LogP contribution in [0.3, 0.4) is 0 Å². The Kier molecular flexibility index (Phi) is 6.06. The number of piperidine rings is 1. The molecular formula is C27H25F2N3O3. The van der Waals surface area contributed by atoms with E-state index in [0.29, 0.717) is 31.5 Å². The minimum atomic E-state index is -0.779. The molecule has 0 unspecified atom stereocenters. The summed E-state index contributed by atoms with van der Waals surface area (Å²) in [6.45, 7) is 0.798. The molecule has 0 saturated carbocycles. The third-order valence-corrected chi connectivity index (χ3v) is 7.22. The summed E-state index contributed by atoms with van der Waals surface area (Å²) in [6.07, 6.45) is 3.99. The Labute approximate surface area is 201 Å². The molecule has 1 fully saturated rings. The van der Waals surface area contributed by atoms with Crippen molar-refractivity contribution in [2.45, 2.75) is 30.4 Å². The largest absolute Gasteiger partial charge is 0.378 e. The molecule has 2 aliphatic rings. The van der Waals surface area contributed by atoms with Crippen LogP contribution in [-0.2, 0) is 10.2 Å². The van der Waals surface area contributed by atoms with E-state index in [9.17, 15) is 18.4 Å². The molecule has 35 heavy (non-hydrogen) atoms. The standard InChI is InChI=1S/C27H25F2N3O3/c1-35-24-23(31-25(33)17-6-10-30-11-7-17)21-4-2-3-5-22(21)27(24)8-12-32(13-9-27)26(34)18-14-19(28)16-20(29)15-18/h2-7,10-11,14-16,23-24H,8-9,12-13H2,1H3,(H,31,33)/t23-,24+/m0/s1. The maximum absolute atomic E-state index is 13.7. The Hall–Kier alpha value is -3.65. The molecule has 6 nitrogen and oxygen atoms in total. The van der Waals surface area contributed by atoms with E-state index in [-0.39, 0.29) is 23.6 Å². The average molecular weight is 478 g/mol. The Morgan fingerprint density at radius 3 is 2.31 bits per heavy atom. The van der Waals surface area contributed by atoms with Gasteiger partial charge in [-0.1, -0.05) is 24.3 Å². The summed E-state index contributed by atoms with van der Waals surface area (Å²) >= 11 is 0. The summed E-state index contributed by atoms with van der Waals surface area (Å²) in [4.78, 5) is 31.5. The van der Waals surface area contributed by atoms with Gasteiger partial charge in [0.1, 0.15) is 11.6 Å². The number of carbonyl (C=O) groups is 2. The summed E-state index contributed by atoms with van der Waals surface area (Å²) in [6, 6.07) is 13.8. The zero-order chi connectivity index (χ0) is 24.6. The molecule has 1 N–H and O–H groups in total. The maximum Gasteiger partial charge on any atom is 0.254 e. The third-order valence-electron chi connectivity index (χ3n) is 7.22. The summed E-state index contributed by atoms with van der Waals surface area (Å²) in [5, 5.41) is 3.14. The van der Waals surface area contributed by atoms with Gasteiger partial charge in [0.05, 0.1) is 12.1 Å². The van der Waals surface area contributed by atoms with E-state index in [0.717, 1.165) is 29.3 Å². The number of hydrogen-bond acceptors (Lipinski definition) is 4. The molecule has 1 aromatic heterocycles. The first-order chi connectivity index (χ1) is 16.9. The molecule has 8 heteroatoms. The minimum absolute atomic E-state index is 0.00365. The molecule has 0 bridgehead atoms. The molecule has 1 aliphatic carbocycles. The SMILES string of the molecule is CO[C@@H]1[C@@H](NC(=O)c2ccncc2)c2ccccc2C12CCN(C(=O)c1cc(F)cc(F)c1)CC2. The zero-order valence-electron chi connectivity index (χ0n) is 19.2. The number of hydrogen-bond donors (Lipinski definition) is 1. The second kappa shape index (κ2) is 9.19. The van der Waals surface area contributed by atoms with Crippen LogP contribution < -0.4 is 5.32 Å². The number of rotatable bonds is 4. The van der Waals surface area contributed by atoms with Crippen molar-refractivity contribution in [3.63, 3.8) is 0 Å². The smallest absolute Gasteiger partial charge is 0.254 e. The molecule has 2 heterocycles. The number of nitrogens with zero attached hydrogens (tertiary/aromatic N) is 2. The average Bonchev–Trinajstić information content (AvgIpc) is 3.12. The summed E-state index contributed by atoms with van der Waals surface area (Å²) < 4.78 is 33.3. The van der Waals surface area contributed by atoms with E-state index < -0.39 is 23.0 Å². The van der Waals surface area contributed by atoms with Crippen LogP contribution in [0.1, 0.15) is 50.7 Å². The highest BCUT2D eigenvalue weighted by molar-refractivity contribution is 5.95. The topological polar surface area (TPSA) is 71.5 Å². The first-order valence-electron chi connectivity index (χ1n) is 11.5. The Morgan fingerprint density at radius 2 is 1.66 bits per heavy atom. The number of amides is 2. The number of benzene rings is 2. The number of ether oxygens (including phenoxy) is 1. The summed E-state index contributed by atoms with van der Waals surface area (Å²) in [5.41, 5.74) is 2.18. The zero-order valence-corrected chi connectivity index (χ0v) is 19.2. The van der Waals surface area contributed by atoms with Gasteiger partial charge in [-0.25, -0.2) is 8.78 Å². The van der Waals surface area contributed by atoms with Crippen molar-refractivity contribution in [1.82, 2.24) is 15.2 Å². The number of halogens is 2. The monoisotopic (exact) mass is 477 g/mol. The van der Waals surface area contributed by atoms with Crippen LogP contribution in [0.15, 0.2) is 67.0 Å². The van der Waals surface area contributed by atoms with Gasteiger partial charge in [0, 0.05) is 55.2 Å². The van der Waals surface area contributed by atoms with E-state index in [4.69, 9.17) is 4.74 Å². The van der Waals surface area contributed by atoms with Gasteiger partial charge in [-0.2, -0.15) is 0 Å². The van der Waals surface area contributed by atoms with Gasteiger partial charge in [0.25, 0.3) is 11.8 Å². The number of carbonyl (C=O) groups excluding carboxylic acids is 2. The minimum Gasteiger partial charge on any atom is -0.378 e. The molecule has 3 aromatic rings. The number of fused-ring (bicyclic) bond motifs is 2. The third kappa shape index (κ3) is 4.08. The van der Waals surface area contributed by atoms with Crippen LogP contribution in [0, 0.1) is 11.6 Å². The van der Waals surface area contributed by atoms with Crippen molar-refractivity contribution in [2.24, 2.45) is 0 Å². The maximum atomic E-state index is 13.7. The lowest BCUT2D eigenvalue weighted by molar-refractivity contribution is -0.00930. The molecular weight excluding hydrogens is 452 g/mol. The van der Waals surface area contributed by atoms with E-state index in [1.807, 2.05) is 18.2 Å². The van der Waals surface area contributed by atoms with Crippen LogP contribution in [0.2, 0.25) is 0 Å². The molecule has 1 spiro atoms. The lowest BCUT2D eigenvalue weighted by Gasteiger charge is -2.44. The highest BCUT2D eigenvalue weighted by atomic mass is 19.1. The van der Waals surface area contributed by atoms with Crippen molar-refractivity contribution >= 4 is 11.8 Å². The first kappa shape index (κ1) is 23.1. The van der Waals surface area contributed by atoms with E-state index in [2.05, 4.69) is 16.4 Å². The van der Waals surface area contributed by atoms with Crippen LogP contribution in [0.25, 0.3) is 0 Å². The molecule has 0 radical (unpaired) electrons. The van der Waals surface area contributed by atoms with Crippen molar-refractivity contribution in [1.29, 1.82) is 0 Å². The van der Waals surface area contributed by atoms with E-state index in [1.165, 1.54) is 0 Å². The van der Waals surface area contributed by atoms with Crippen LogP contribution >= 0.6 is 0 Å². The van der Waals surface area contributed by atoms with Gasteiger partial charge in [-0.05, 0) is 48.2 Å². The molecule has 2 aromatic carbocycles. The molecule has 2 amide bonds. The quantitative estimate of drug-likeness (QED) is 0.616. The van der Waals surface area contributed by atoms with Gasteiger partial charge < -0.3 is 15.0 Å². The second-order valence-electron chi connectivity index (χ2n) is 9.04. The molecule has 1 aliphatic heterocycles. The Balaban J connectivity index is 1.40. The van der Waals surface area contributed by atoms with Crippen molar-refractivity contribution in [3.8, 4) is 0 Å². The van der Waals surface area contributed by atoms with Crippen molar-refractivity contribution < 1.29 is 23.1 Å². The molecule has 1 saturated heterocycles. The number of pyridine rings is 1. The highest BCUT2D eigenvalue weighted by Crippen LogP contribution is 2.52. The normalized spacial score (nSPS) is 20.5. The Morgan fingerprint density at radius 1 is 1.00 bits per heavy atom. The van der Waals surface area contributed by atoms with Gasteiger partial charge in [-0.3, -0.25) is 14.6 Å². The summed E-state index contributed by atoms with van der Waals surface area (Å²) in [7, 11) is 1.64. The Bertz CT molecular complexity index is 1240. The highest BCUT2D eigenvalue weighted by Gasteiger charge is 2.54. The lowest BCUT2D eigenvalue weighted by atomic mass is 9.71. The van der Waals surface area contributed by atoms with Gasteiger partial charge in [-0.15, -0.1) is 0 Å². The number of aromatic nitrogens is 1. The fourth-order valence-corrected chi connectivity index (χ4v) is 5.62. The van der Waals surface area contributed by atoms with Gasteiger partial charge >= 0.3 is 0 Å². The molecule has 180 valence electrons. The number of methoxy groups -OCH3 is 1. The first-order valence-corrected chi connectivity index (χ1v) is 11.5. The number of nitrogens with one attached hydrogen (secondary N) is 1. The molecule has 2 atom stereocenters. The summed E-state index contributed by atoms with van der Waals surface area (Å²) in [5.74, 6) is -2.18. The van der Waals surface area contributed by atoms with Gasteiger partial charge in [0.15, 0.2) is 0 Å². The predicted molar refractivity (Wildman–Crippen MR) is 125 cm³/mol. The number of likely N-dealkylation sites (tertiary alicyclic amines) is 1. The second-order valence-corrected chi connectivity index (χ2v) is 9.04.